The van der Waals surface area contributed by atoms with Crippen LogP contribution in [0.2, 0.25) is 0 Å². The maximum Gasteiger partial charge on any atom is 0.407 e. The second-order valence-corrected chi connectivity index (χ2v) is 12.9. The van der Waals surface area contributed by atoms with Crippen molar-refractivity contribution in [3.63, 3.8) is 0 Å². The first-order valence-electron chi connectivity index (χ1n) is 16.6. The number of carbonyl (C=O) groups is 4. The van der Waals surface area contributed by atoms with Gasteiger partial charge in [0.1, 0.15) is 29.4 Å². The van der Waals surface area contributed by atoms with Gasteiger partial charge in [-0.25, -0.2) is 14.6 Å². The Morgan fingerprint density at radius 3 is 2.12 bits per heavy atom. The molecule has 3 heterocycles. The van der Waals surface area contributed by atoms with E-state index in [1.165, 1.54) is 14.2 Å². The topological polar surface area (TPSA) is 184 Å². The molecule has 4 amide bonds. The summed E-state index contributed by atoms with van der Waals surface area (Å²) in [6, 6.07) is -2.48. The summed E-state index contributed by atoms with van der Waals surface area (Å²) in [6.07, 6.45) is 4.93. The van der Waals surface area contributed by atoms with Crippen LogP contribution < -0.4 is 16.4 Å². The number of nitrogens with zero attached hydrogens (tertiary/aromatic N) is 4. The van der Waals surface area contributed by atoms with Gasteiger partial charge in [0.25, 0.3) is 0 Å². The predicted molar refractivity (Wildman–Crippen MR) is 185 cm³/mol. The number of alkyl carbamates (subject to hydrolysis) is 2. The van der Waals surface area contributed by atoms with Gasteiger partial charge in [-0.05, 0) is 62.2 Å². The molecule has 49 heavy (non-hydrogen) atoms. The van der Waals surface area contributed by atoms with E-state index in [1.54, 1.807) is 22.1 Å². The average molecular weight is 679 g/mol. The van der Waals surface area contributed by atoms with E-state index in [-0.39, 0.29) is 41.7 Å². The van der Waals surface area contributed by atoms with Crippen LogP contribution in [-0.2, 0) is 19.1 Å². The van der Waals surface area contributed by atoms with Gasteiger partial charge in [0.15, 0.2) is 0 Å². The van der Waals surface area contributed by atoms with Crippen LogP contribution in [0.4, 0.5) is 9.59 Å². The molecule has 2 fully saturated rings. The summed E-state index contributed by atoms with van der Waals surface area (Å²) in [7, 11) is 2.52. The van der Waals surface area contributed by atoms with Crippen molar-refractivity contribution in [3.05, 3.63) is 30.4 Å². The number of nitrogens with two attached hydrogens (primary N) is 1. The number of imidazole rings is 1. The molecule has 3 rings (SSSR count). The van der Waals surface area contributed by atoms with Crippen LogP contribution in [0, 0.1) is 41.4 Å². The molecular weight excluding hydrogens is 628 g/mol. The molecule has 2 aliphatic heterocycles. The van der Waals surface area contributed by atoms with Crippen molar-refractivity contribution in [3.8, 4) is 23.7 Å². The molecule has 2 saturated heterocycles. The number of nitrogens with one attached hydrogen (secondary N) is 3. The summed E-state index contributed by atoms with van der Waals surface area (Å²) in [4.78, 5) is 66.2. The zero-order valence-corrected chi connectivity index (χ0v) is 29.5. The average Bonchev–Trinajstić information content (AvgIpc) is 3.86. The molecule has 5 N–H and O–H groups in total. The highest BCUT2D eigenvalue weighted by Crippen LogP contribution is 2.31. The third-order valence-electron chi connectivity index (χ3n) is 8.73. The molecule has 0 radical (unpaired) electrons. The Hall–Kier alpha value is -4.98. The van der Waals surface area contributed by atoms with Crippen molar-refractivity contribution in [1.29, 1.82) is 0 Å². The lowest BCUT2D eigenvalue weighted by molar-refractivity contribution is -0.135. The Balaban J connectivity index is 1.68. The number of carbonyl (C=O) groups excluding carboxylic acids is 4. The molecule has 14 heteroatoms. The van der Waals surface area contributed by atoms with E-state index < -0.39 is 30.3 Å². The number of aromatic nitrogens is 2. The molecule has 0 aromatic carbocycles. The summed E-state index contributed by atoms with van der Waals surface area (Å²) in [5.74, 6) is 11.7. The standard InChI is InChI=1S/C35H50N8O6/c1-9-24(23(6)38-30(36)26-16-12-18-42(26)32(44)28(21(2)3)40-34(46)48-7)14-10-11-15-25-20-37-31(39-25)27-17-13-19-43(27)33(45)29(22(4)5)41-35(47)49-8/h9,20-24,26-29H,1,12-13,16-19H2,2-8H3,(H2,36,38)(H,37,39)(H,40,46)(H,41,47)/t23?,24-,26-,27-,28-,29-/m0/s1. The van der Waals surface area contributed by atoms with E-state index in [9.17, 15) is 19.2 Å². The van der Waals surface area contributed by atoms with Gasteiger partial charge in [-0.15, -0.1) is 6.58 Å². The first-order valence-corrected chi connectivity index (χ1v) is 16.6. The molecule has 1 aromatic rings. The van der Waals surface area contributed by atoms with Crippen LogP contribution in [0.25, 0.3) is 0 Å². The molecule has 0 saturated carbocycles. The summed E-state index contributed by atoms with van der Waals surface area (Å²) >= 11 is 0. The van der Waals surface area contributed by atoms with Crippen LogP contribution >= 0.6 is 0 Å². The van der Waals surface area contributed by atoms with E-state index >= 15 is 0 Å². The number of aromatic amines is 1. The second-order valence-electron chi connectivity index (χ2n) is 12.9. The number of likely N-dealkylation sites (tertiary alicyclic amines) is 2. The van der Waals surface area contributed by atoms with E-state index in [4.69, 9.17) is 15.2 Å². The number of aliphatic imine (C=N–C) groups is 1. The highest BCUT2D eigenvalue weighted by atomic mass is 16.5. The van der Waals surface area contributed by atoms with Crippen molar-refractivity contribution in [2.75, 3.05) is 27.3 Å². The summed E-state index contributed by atoms with van der Waals surface area (Å²) in [5, 5.41) is 5.28. The van der Waals surface area contributed by atoms with Crippen LogP contribution in [0.5, 0.6) is 0 Å². The smallest absolute Gasteiger partial charge is 0.407 e. The fourth-order valence-corrected chi connectivity index (χ4v) is 5.97. The fourth-order valence-electron chi connectivity index (χ4n) is 5.97. The number of hydrogen-bond donors (Lipinski definition) is 4. The molecule has 14 nitrogen and oxygen atoms in total. The lowest BCUT2D eigenvalue weighted by Crippen LogP contribution is -2.54. The molecule has 0 spiro atoms. The van der Waals surface area contributed by atoms with Gasteiger partial charge in [0.2, 0.25) is 11.8 Å². The first-order chi connectivity index (χ1) is 23.3. The zero-order valence-electron chi connectivity index (χ0n) is 29.5. The maximum atomic E-state index is 13.4. The van der Waals surface area contributed by atoms with Crippen LogP contribution in [0.3, 0.4) is 0 Å². The summed E-state index contributed by atoms with van der Waals surface area (Å²) in [5.41, 5.74) is 7.00. The third kappa shape index (κ3) is 10.0. The minimum atomic E-state index is -0.748. The molecule has 0 aliphatic carbocycles. The Bertz CT molecular complexity index is 1510. The Kier molecular flexibility index (Phi) is 14.1. The monoisotopic (exact) mass is 678 g/mol. The lowest BCUT2D eigenvalue weighted by atomic mass is 10.0. The highest BCUT2D eigenvalue weighted by molar-refractivity contribution is 5.93. The van der Waals surface area contributed by atoms with Gasteiger partial charge in [0, 0.05) is 13.1 Å². The highest BCUT2D eigenvalue weighted by Gasteiger charge is 2.38. The Morgan fingerprint density at radius 2 is 1.55 bits per heavy atom. The lowest BCUT2D eigenvalue weighted by Gasteiger charge is -2.30. The van der Waals surface area contributed by atoms with Crippen molar-refractivity contribution in [2.24, 2.45) is 28.5 Å². The van der Waals surface area contributed by atoms with Gasteiger partial charge in [-0.2, -0.15) is 0 Å². The minimum Gasteiger partial charge on any atom is -0.453 e. The number of amidine groups is 1. The van der Waals surface area contributed by atoms with E-state index in [0.29, 0.717) is 36.9 Å². The van der Waals surface area contributed by atoms with E-state index in [0.717, 1.165) is 19.3 Å². The van der Waals surface area contributed by atoms with E-state index in [1.807, 2.05) is 34.6 Å². The number of amides is 4. The van der Waals surface area contributed by atoms with Gasteiger partial charge in [-0.3, -0.25) is 14.6 Å². The number of hydrogen-bond acceptors (Lipinski definition) is 8. The van der Waals surface area contributed by atoms with Crippen molar-refractivity contribution in [2.45, 2.75) is 90.5 Å². The van der Waals surface area contributed by atoms with Gasteiger partial charge in [0.05, 0.1) is 44.5 Å². The van der Waals surface area contributed by atoms with Gasteiger partial charge < -0.3 is 40.6 Å². The molecule has 266 valence electrons. The number of H-pyrrole nitrogens is 1. The minimum absolute atomic E-state index is 0.130. The number of methoxy groups -OCH3 is 2. The fraction of sp³-hybridized carbons (Fsp3) is 0.600. The van der Waals surface area contributed by atoms with Crippen molar-refractivity contribution < 1.29 is 28.7 Å². The van der Waals surface area contributed by atoms with E-state index in [2.05, 4.69) is 55.9 Å². The van der Waals surface area contributed by atoms with Gasteiger partial charge >= 0.3 is 12.2 Å². The molecule has 2 aliphatic rings. The normalized spacial score (nSPS) is 19.9. The Morgan fingerprint density at radius 1 is 0.980 bits per heavy atom. The SMILES string of the molecule is C=C[C@@H](C#CC#Cc1cnc([C@@H]2CCCN2C(=O)[C@@H](NC(=O)OC)C(C)C)[nH]1)C(C)N=C(N)[C@@H]1CCCN1C(=O)[C@@H](NC(=O)OC)C(C)C. The third-order valence-corrected chi connectivity index (χ3v) is 8.73. The molecular formula is C35H50N8O6. The van der Waals surface area contributed by atoms with Gasteiger partial charge in [-0.1, -0.05) is 39.7 Å². The van der Waals surface area contributed by atoms with Crippen LogP contribution in [0.15, 0.2) is 23.8 Å². The molecule has 6 atom stereocenters. The van der Waals surface area contributed by atoms with Crippen LogP contribution in [-0.4, -0.2) is 101 Å². The molecule has 1 unspecified atom stereocenters. The second kappa shape index (κ2) is 18.0. The quantitative estimate of drug-likeness (QED) is 0.119. The van der Waals surface area contributed by atoms with Crippen LogP contribution in [0.1, 0.15) is 77.9 Å². The summed E-state index contributed by atoms with van der Waals surface area (Å²) in [6.45, 7) is 14.3. The number of ether oxygens (including phenoxy) is 2. The maximum absolute atomic E-state index is 13.4. The van der Waals surface area contributed by atoms with Crippen molar-refractivity contribution >= 4 is 29.8 Å². The Labute approximate surface area is 289 Å². The first kappa shape index (κ1) is 38.5. The largest absolute Gasteiger partial charge is 0.453 e. The summed E-state index contributed by atoms with van der Waals surface area (Å²) < 4.78 is 9.41. The zero-order chi connectivity index (χ0) is 36.2. The molecule has 1 aromatic heterocycles. The molecule has 0 bridgehead atoms. The predicted octanol–water partition coefficient (Wildman–Crippen LogP) is 2.73. The number of rotatable bonds is 11. The van der Waals surface area contributed by atoms with Crippen molar-refractivity contribution in [1.82, 2.24) is 30.4 Å².